The summed E-state index contributed by atoms with van der Waals surface area (Å²) in [6.45, 7) is 3.39. The molecule has 2 nitrogen and oxygen atoms in total. The number of hydrogen-bond donors (Lipinski definition) is 0. The van der Waals surface area contributed by atoms with Gasteiger partial charge in [-0.15, -0.1) is 6.54 Å². The van der Waals surface area contributed by atoms with Gasteiger partial charge in [0.25, 0.3) is 0 Å². The monoisotopic (exact) mass is 401 g/mol. The van der Waals surface area contributed by atoms with E-state index in [2.05, 4.69) is 12.2 Å². The molecule has 1 aromatic carbocycles. The fourth-order valence-electron chi connectivity index (χ4n) is 1.76. The largest absolute Gasteiger partial charge is 0.664 e. The number of ether oxygens (including phenoxy) is 1. The van der Waals surface area contributed by atoms with Crippen LogP contribution in [0.15, 0.2) is 18.2 Å². The molecule has 1 radical (unpaired) electrons. The molecule has 0 N–H and O–H groups in total. The molecule has 5 heteroatoms. The van der Waals surface area contributed by atoms with Gasteiger partial charge in [0.2, 0.25) is 0 Å². The van der Waals surface area contributed by atoms with E-state index in [9.17, 15) is 0 Å². The van der Waals surface area contributed by atoms with E-state index in [1.807, 2.05) is 18.2 Å². The molecular weight excluding hydrogens is 386 g/mol. The molecule has 1 aromatic rings. The second-order valence-electron chi connectivity index (χ2n) is 4.10. The third-order valence-corrected chi connectivity index (χ3v) is 3.33. The number of rotatable bonds is 5. The Morgan fingerprint density at radius 1 is 1.29 bits per heavy atom. The van der Waals surface area contributed by atoms with Crippen molar-refractivity contribution < 1.29 is 46.0 Å². The summed E-state index contributed by atoms with van der Waals surface area (Å²) in [6.07, 6.45) is 0. The van der Waals surface area contributed by atoms with Crippen molar-refractivity contribution in [2.24, 2.45) is 0 Å². The van der Waals surface area contributed by atoms with Crippen molar-refractivity contribution in [2.45, 2.75) is 12.3 Å². The maximum Gasteiger partial charge on any atom is 0.0595 e. The van der Waals surface area contributed by atoms with Crippen molar-refractivity contribution in [3.63, 3.8) is 0 Å². The van der Waals surface area contributed by atoms with Gasteiger partial charge in [-0.2, -0.15) is 7.05 Å². The van der Waals surface area contributed by atoms with E-state index in [-0.39, 0.29) is 46.7 Å². The van der Waals surface area contributed by atoms with E-state index in [1.54, 1.807) is 14.2 Å². The average molecular weight is 402 g/mol. The molecule has 0 aliphatic rings. The zero-order chi connectivity index (χ0) is 12.2. The Morgan fingerprint density at radius 3 is 2.41 bits per heavy atom. The molecule has 1 unspecified atom stereocenters. The molecule has 0 heterocycles. The van der Waals surface area contributed by atoms with Gasteiger partial charge in [0, 0.05) is 48.4 Å². The first-order chi connectivity index (χ1) is 7.53. The van der Waals surface area contributed by atoms with Crippen molar-refractivity contribution >= 4 is 23.2 Å². The van der Waals surface area contributed by atoms with Crippen LogP contribution in [0.4, 0.5) is 0 Å². The molecule has 0 aliphatic carbocycles. The van der Waals surface area contributed by atoms with Gasteiger partial charge in [-0.05, 0) is 23.1 Å². The van der Waals surface area contributed by atoms with Crippen LogP contribution in [0.2, 0.25) is 10.0 Å². The second kappa shape index (κ2) is 8.29. The Hall–Kier alpha value is 1.08. The molecule has 0 bridgehead atoms. The smallest absolute Gasteiger partial charge is 0.0595 e. The summed E-state index contributed by atoms with van der Waals surface area (Å²) in [7, 11) is 3.48. The van der Waals surface area contributed by atoms with Crippen LogP contribution in [-0.2, 0) is 10.2 Å². The van der Waals surface area contributed by atoms with E-state index in [1.165, 1.54) is 0 Å². The first-order valence-corrected chi connectivity index (χ1v) is 5.79. The molecule has 0 amide bonds. The maximum atomic E-state index is 6.02. The molecule has 1 rings (SSSR count). The number of halogens is 2. The predicted octanol–water partition coefficient (Wildman–Crippen LogP) is 3.90. The minimum atomic E-state index is -0.155. The van der Waals surface area contributed by atoms with Crippen molar-refractivity contribution in [1.29, 1.82) is 0 Å². The molecule has 0 spiro atoms. The molecule has 93 valence electrons. The number of nitrogens with zero attached hydrogens (tertiary/aromatic N) is 1. The van der Waals surface area contributed by atoms with Gasteiger partial charge in [-0.1, -0.05) is 36.2 Å². The van der Waals surface area contributed by atoms with Crippen molar-refractivity contribution in [3.05, 3.63) is 39.1 Å². The quantitative estimate of drug-likeness (QED) is 0.733. The summed E-state index contributed by atoms with van der Waals surface area (Å²) in [6, 6.07) is 5.66. The average Bonchev–Trinajstić information content (AvgIpc) is 2.22. The van der Waals surface area contributed by atoms with Crippen LogP contribution in [-0.4, -0.2) is 27.3 Å². The van der Waals surface area contributed by atoms with Gasteiger partial charge in [-0.25, -0.2) is 0 Å². The van der Waals surface area contributed by atoms with Crippen LogP contribution in [0.3, 0.4) is 0 Å². The molecule has 0 aliphatic heterocycles. The zero-order valence-electron chi connectivity index (χ0n) is 10.3. The first kappa shape index (κ1) is 18.1. The summed E-state index contributed by atoms with van der Waals surface area (Å²) in [5.41, 5.74) is 0.937. The Kier molecular flexibility index (Phi) is 8.82. The van der Waals surface area contributed by atoms with Crippen LogP contribution in [0.5, 0.6) is 0 Å². The third kappa shape index (κ3) is 4.93. The predicted molar refractivity (Wildman–Crippen MR) is 69.8 cm³/mol. The molecule has 17 heavy (non-hydrogen) atoms. The van der Waals surface area contributed by atoms with Crippen LogP contribution in [0, 0.1) is 41.3 Å². The Morgan fingerprint density at radius 2 is 1.94 bits per heavy atom. The molecular formula is C12H16Cl2NOPr-. The Bertz CT molecular complexity index is 354. The maximum absolute atomic E-state index is 6.02. The summed E-state index contributed by atoms with van der Waals surface area (Å²) in [5, 5.41) is 5.33. The molecule has 0 aromatic heterocycles. The third-order valence-electron chi connectivity index (χ3n) is 2.59. The molecule has 0 fully saturated rings. The normalized spacial score (nSPS) is 13.9. The molecule has 1 atom stereocenters. The van der Waals surface area contributed by atoms with Crippen LogP contribution in [0.1, 0.15) is 12.5 Å². The van der Waals surface area contributed by atoms with Crippen LogP contribution >= 0.6 is 23.2 Å². The van der Waals surface area contributed by atoms with E-state index < -0.39 is 0 Å². The summed E-state index contributed by atoms with van der Waals surface area (Å²) < 4.78 is 5.25. The van der Waals surface area contributed by atoms with E-state index >= 15 is 0 Å². The topological polar surface area (TPSA) is 23.3 Å². The number of likely N-dealkylation sites (N-methyl/N-ethyl adjacent to an activating group) is 1. The van der Waals surface area contributed by atoms with Gasteiger partial charge in [-0.3, -0.25) is 0 Å². The molecule has 0 saturated heterocycles. The summed E-state index contributed by atoms with van der Waals surface area (Å²) >= 11 is 11.9. The van der Waals surface area contributed by atoms with Gasteiger partial charge < -0.3 is 10.1 Å². The fourth-order valence-corrected chi connectivity index (χ4v) is 2.06. The van der Waals surface area contributed by atoms with Crippen LogP contribution < -0.4 is 0 Å². The SMILES string of the molecule is C[N-]CC(C)(COC)c1ccc(Cl)c(Cl)c1.[Pr]. The molecule has 0 saturated carbocycles. The van der Waals surface area contributed by atoms with Crippen molar-refractivity contribution in [1.82, 2.24) is 0 Å². The number of benzene rings is 1. The van der Waals surface area contributed by atoms with E-state index in [0.29, 0.717) is 23.2 Å². The summed E-state index contributed by atoms with van der Waals surface area (Å²) in [5.74, 6) is 0. The van der Waals surface area contributed by atoms with Crippen LogP contribution in [0.25, 0.3) is 5.32 Å². The first-order valence-electron chi connectivity index (χ1n) is 5.03. The van der Waals surface area contributed by atoms with E-state index in [0.717, 1.165) is 5.56 Å². The Labute approximate surface area is 146 Å². The second-order valence-corrected chi connectivity index (χ2v) is 4.91. The Balaban J connectivity index is 0.00000256. The van der Waals surface area contributed by atoms with E-state index in [4.69, 9.17) is 27.9 Å². The van der Waals surface area contributed by atoms with Gasteiger partial charge in [0.1, 0.15) is 0 Å². The number of hydrogen-bond acceptors (Lipinski definition) is 1. The van der Waals surface area contributed by atoms with Crippen molar-refractivity contribution in [2.75, 3.05) is 27.3 Å². The minimum absolute atomic E-state index is 0. The van der Waals surface area contributed by atoms with Crippen molar-refractivity contribution in [3.8, 4) is 0 Å². The van der Waals surface area contributed by atoms with Gasteiger partial charge in [0.15, 0.2) is 0 Å². The van der Waals surface area contributed by atoms with Gasteiger partial charge >= 0.3 is 0 Å². The summed E-state index contributed by atoms with van der Waals surface area (Å²) in [4.78, 5) is 0. The zero-order valence-corrected chi connectivity index (χ0v) is 15.6. The standard InChI is InChI=1S/C12H16Cl2NO.Pr/c1-12(7-15-2,8-16-3)9-4-5-10(13)11(14)6-9;/h4-6H,7-8H2,1-3H3;/q-1;. The van der Waals surface area contributed by atoms with Gasteiger partial charge in [0.05, 0.1) is 16.7 Å². The fraction of sp³-hybridized carbons (Fsp3) is 0.500. The minimum Gasteiger partial charge on any atom is -0.664 e. The number of methoxy groups -OCH3 is 1.